The Hall–Kier alpha value is -2.94. The van der Waals surface area contributed by atoms with Crippen LogP contribution in [0.5, 0.6) is 0 Å². The second-order valence-electron chi connectivity index (χ2n) is 5.81. The highest BCUT2D eigenvalue weighted by molar-refractivity contribution is 6.00. The molecule has 2 amide bonds. The normalized spacial score (nSPS) is 16.6. The van der Waals surface area contributed by atoms with Gasteiger partial charge in [-0.2, -0.15) is 0 Å². The van der Waals surface area contributed by atoms with Crippen molar-refractivity contribution in [3.63, 3.8) is 0 Å². The molecule has 0 radical (unpaired) electrons. The molecule has 1 fully saturated rings. The number of ether oxygens (including phenoxy) is 3. The molecule has 0 saturated carbocycles. The summed E-state index contributed by atoms with van der Waals surface area (Å²) in [5.41, 5.74) is 0.370. The summed E-state index contributed by atoms with van der Waals surface area (Å²) < 4.78 is 14.7. The number of anilines is 1. The third-order valence-electron chi connectivity index (χ3n) is 4.08. The minimum absolute atomic E-state index is 0.0813. The number of likely N-dealkylation sites (N-methyl/N-ethyl adjacent to an activating group) is 1. The molecule has 0 aromatic heterocycles. The van der Waals surface area contributed by atoms with Crippen molar-refractivity contribution in [1.82, 2.24) is 4.90 Å². The fourth-order valence-corrected chi connectivity index (χ4v) is 2.70. The van der Waals surface area contributed by atoms with Gasteiger partial charge in [0.15, 0.2) is 0 Å². The Labute approximate surface area is 156 Å². The molecule has 0 spiro atoms. The van der Waals surface area contributed by atoms with Crippen LogP contribution in [0.1, 0.15) is 34.1 Å². The van der Waals surface area contributed by atoms with Crippen molar-refractivity contribution in [2.24, 2.45) is 0 Å². The van der Waals surface area contributed by atoms with E-state index in [2.05, 4.69) is 14.8 Å². The van der Waals surface area contributed by atoms with Crippen molar-refractivity contribution in [2.75, 3.05) is 39.2 Å². The van der Waals surface area contributed by atoms with E-state index in [1.807, 2.05) is 6.92 Å². The van der Waals surface area contributed by atoms with Crippen molar-refractivity contribution in [3.8, 4) is 0 Å². The number of morpholine rings is 1. The largest absolute Gasteiger partial charge is 0.465 e. The molecule has 1 aromatic rings. The maximum absolute atomic E-state index is 12.3. The van der Waals surface area contributed by atoms with Gasteiger partial charge in [0.25, 0.3) is 5.91 Å². The van der Waals surface area contributed by atoms with E-state index in [4.69, 9.17) is 4.74 Å². The average Bonchev–Trinajstić information content (AvgIpc) is 2.67. The Bertz CT molecular complexity index is 713. The van der Waals surface area contributed by atoms with Crippen LogP contribution in [0.4, 0.5) is 5.69 Å². The van der Waals surface area contributed by atoms with E-state index >= 15 is 0 Å². The Balaban J connectivity index is 2.15. The Kier molecular flexibility index (Phi) is 6.89. The zero-order valence-corrected chi connectivity index (χ0v) is 15.4. The van der Waals surface area contributed by atoms with Gasteiger partial charge in [0.1, 0.15) is 6.10 Å². The lowest BCUT2D eigenvalue weighted by Gasteiger charge is -2.31. The van der Waals surface area contributed by atoms with E-state index in [1.165, 1.54) is 32.4 Å². The molecule has 1 aliphatic rings. The first-order valence-electron chi connectivity index (χ1n) is 8.41. The lowest BCUT2D eigenvalue weighted by Crippen LogP contribution is -2.48. The highest BCUT2D eigenvalue weighted by atomic mass is 16.5. The molecule has 0 bridgehead atoms. The number of methoxy groups -OCH3 is 2. The predicted octanol–water partition coefficient (Wildman–Crippen LogP) is 0.836. The zero-order chi connectivity index (χ0) is 20.0. The van der Waals surface area contributed by atoms with Crippen LogP contribution in [-0.4, -0.2) is 68.7 Å². The van der Waals surface area contributed by atoms with Crippen molar-refractivity contribution in [2.45, 2.75) is 19.4 Å². The van der Waals surface area contributed by atoms with Crippen LogP contribution in [0, 0.1) is 0 Å². The topological polar surface area (TPSA) is 111 Å². The molecule has 0 aliphatic carbocycles. The number of benzene rings is 1. The summed E-state index contributed by atoms with van der Waals surface area (Å²) in [5, 5.41) is 2.58. The number of carbonyl (C=O) groups is 4. The van der Waals surface area contributed by atoms with Crippen LogP contribution in [0.15, 0.2) is 18.2 Å². The summed E-state index contributed by atoms with van der Waals surface area (Å²) >= 11 is 0. The summed E-state index contributed by atoms with van der Waals surface area (Å²) in [6.45, 7) is 3.26. The van der Waals surface area contributed by atoms with Gasteiger partial charge in [0.2, 0.25) is 5.91 Å². The van der Waals surface area contributed by atoms with Gasteiger partial charge in [0.05, 0.1) is 38.4 Å². The van der Waals surface area contributed by atoms with Crippen molar-refractivity contribution in [1.29, 1.82) is 0 Å². The lowest BCUT2D eigenvalue weighted by atomic mass is 10.1. The SMILES string of the molecule is CCN1CCO[C@H](CC(=O)Nc2cc(C(=O)OC)cc(C(=O)OC)c2)C1=O. The molecular weight excluding hydrogens is 356 g/mol. The highest BCUT2D eigenvalue weighted by Gasteiger charge is 2.30. The van der Waals surface area contributed by atoms with Gasteiger partial charge in [-0.25, -0.2) is 9.59 Å². The minimum Gasteiger partial charge on any atom is -0.465 e. The first kappa shape index (κ1) is 20.4. The zero-order valence-electron chi connectivity index (χ0n) is 15.4. The van der Waals surface area contributed by atoms with Gasteiger partial charge in [-0.05, 0) is 25.1 Å². The molecule has 27 heavy (non-hydrogen) atoms. The van der Waals surface area contributed by atoms with Gasteiger partial charge in [0, 0.05) is 18.8 Å². The van der Waals surface area contributed by atoms with E-state index in [0.29, 0.717) is 19.7 Å². The van der Waals surface area contributed by atoms with Gasteiger partial charge in [-0.1, -0.05) is 0 Å². The monoisotopic (exact) mass is 378 g/mol. The van der Waals surface area contributed by atoms with Crippen LogP contribution in [0.2, 0.25) is 0 Å². The van der Waals surface area contributed by atoms with Crippen LogP contribution < -0.4 is 5.32 Å². The Morgan fingerprint density at radius 1 is 1.15 bits per heavy atom. The summed E-state index contributed by atoms with van der Waals surface area (Å²) in [6, 6.07) is 4.05. The number of rotatable bonds is 6. The molecule has 2 rings (SSSR count). The number of hydrogen-bond acceptors (Lipinski definition) is 7. The van der Waals surface area contributed by atoms with Crippen molar-refractivity contribution in [3.05, 3.63) is 29.3 Å². The maximum Gasteiger partial charge on any atom is 0.337 e. The molecule has 1 aliphatic heterocycles. The number of carbonyl (C=O) groups excluding carboxylic acids is 4. The quantitative estimate of drug-likeness (QED) is 0.730. The molecule has 9 heteroatoms. The summed E-state index contributed by atoms with van der Waals surface area (Å²) in [5.74, 6) is -2.05. The standard InChI is InChI=1S/C18H22N2O7/c1-4-20-5-6-27-14(16(20)22)10-15(21)19-13-8-11(17(23)25-2)7-12(9-13)18(24)26-3/h7-9,14H,4-6,10H2,1-3H3,(H,19,21)/t14-/m1/s1. The van der Waals surface area contributed by atoms with E-state index in [-0.39, 0.29) is 29.1 Å². The predicted molar refractivity (Wildman–Crippen MR) is 94.4 cm³/mol. The highest BCUT2D eigenvalue weighted by Crippen LogP contribution is 2.18. The van der Waals surface area contributed by atoms with E-state index in [0.717, 1.165) is 0 Å². The maximum atomic E-state index is 12.3. The van der Waals surface area contributed by atoms with Gasteiger partial charge < -0.3 is 24.4 Å². The van der Waals surface area contributed by atoms with Crippen LogP contribution >= 0.6 is 0 Å². The molecule has 1 N–H and O–H groups in total. The number of nitrogens with zero attached hydrogens (tertiary/aromatic N) is 1. The second-order valence-corrected chi connectivity index (χ2v) is 5.81. The van der Waals surface area contributed by atoms with Crippen LogP contribution in [0.25, 0.3) is 0 Å². The summed E-state index contributed by atoms with van der Waals surface area (Å²) in [4.78, 5) is 49.7. The molecule has 1 atom stereocenters. The number of hydrogen-bond donors (Lipinski definition) is 1. The number of esters is 2. The molecule has 1 saturated heterocycles. The summed E-state index contributed by atoms with van der Waals surface area (Å²) in [6.07, 6.45) is -1.03. The minimum atomic E-state index is -0.859. The first-order valence-corrected chi connectivity index (χ1v) is 8.41. The van der Waals surface area contributed by atoms with Crippen LogP contribution in [-0.2, 0) is 23.8 Å². The lowest BCUT2D eigenvalue weighted by molar-refractivity contribution is -0.154. The van der Waals surface area contributed by atoms with Gasteiger partial charge >= 0.3 is 11.9 Å². The van der Waals surface area contributed by atoms with E-state index in [9.17, 15) is 19.2 Å². The van der Waals surface area contributed by atoms with E-state index < -0.39 is 23.9 Å². The molecular formula is C18H22N2O7. The average molecular weight is 378 g/mol. The first-order chi connectivity index (χ1) is 12.9. The Morgan fingerprint density at radius 3 is 2.26 bits per heavy atom. The van der Waals surface area contributed by atoms with Crippen LogP contribution in [0.3, 0.4) is 0 Å². The van der Waals surface area contributed by atoms with E-state index in [1.54, 1.807) is 4.90 Å². The third-order valence-corrected chi connectivity index (χ3v) is 4.08. The molecule has 0 unspecified atom stereocenters. The smallest absolute Gasteiger partial charge is 0.337 e. The second kappa shape index (κ2) is 9.13. The number of amides is 2. The molecule has 1 aromatic carbocycles. The Morgan fingerprint density at radius 2 is 1.74 bits per heavy atom. The fraction of sp³-hybridized carbons (Fsp3) is 0.444. The van der Waals surface area contributed by atoms with Crippen molar-refractivity contribution >= 4 is 29.4 Å². The van der Waals surface area contributed by atoms with Gasteiger partial charge in [-0.15, -0.1) is 0 Å². The molecule has 146 valence electrons. The fourth-order valence-electron chi connectivity index (χ4n) is 2.70. The molecule has 9 nitrogen and oxygen atoms in total. The van der Waals surface area contributed by atoms with Gasteiger partial charge in [-0.3, -0.25) is 9.59 Å². The summed E-state index contributed by atoms with van der Waals surface area (Å²) in [7, 11) is 2.41. The molecule has 1 heterocycles. The van der Waals surface area contributed by atoms with Crippen molar-refractivity contribution < 1.29 is 33.4 Å². The third kappa shape index (κ3) is 5.04. The number of nitrogens with one attached hydrogen (secondary N) is 1.